The van der Waals surface area contributed by atoms with Crippen LogP contribution in [-0.4, -0.2) is 26.4 Å². The third-order valence-corrected chi connectivity index (χ3v) is 3.16. The molecule has 0 radical (unpaired) electrons. The average molecular weight is 221 g/mol. The molecule has 0 aromatic heterocycles. The van der Waals surface area contributed by atoms with Gasteiger partial charge in [-0.25, -0.2) is 0 Å². The van der Waals surface area contributed by atoms with Crippen LogP contribution in [0.4, 0.5) is 0 Å². The lowest BCUT2D eigenvalue weighted by atomic mass is 9.90. The van der Waals surface area contributed by atoms with E-state index in [4.69, 9.17) is 15.2 Å². The maximum atomic E-state index is 6.09. The quantitative estimate of drug-likeness (QED) is 0.843. The first-order valence-corrected chi connectivity index (χ1v) is 5.76. The van der Waals surface area contributed by atoms with Crippen molar-refractivity contribution in [2.75, 3.05) is 20.3 Å². The van der Waals surface area contributed by atoms with Crippen molar-refractivity contribution in [3.8, 4) is 5.75 Å². The molecule has 2 N–H and O–H groups in total. The molecule has 0 saturated carbocycles. The molecule has 16 heavy (non-hydrogen) atoms. The Morgan fingerprint density at radius 2 is 2.38 bits per heavy atom. The third-order valence-electron chi connectivity index (χ3n) is 3.16. The van der Waals surface area contributed by atoms with Gasteiger partial charge in [0.15, 0.2) is 0 Å². The van der Waals surface area contributed by atoms with Crippen LogP contribution in [0.5, 0.6) is 5.75 Å². The van der Waals surface area contributed by atoms with E-state index < -0.39 is 0 Å². The predicted octanol–water partition coefficient (Wildman–Crippen LogP) is 1.60. The normalized spacial score (nSPS) is 25.4. The zero-order valence-electron chi connectivity index (χ0n) is 9.69. The van der Waals surface area contributed by atoms with Crippen molar-refractivity contribution in [3.05, 3.63) is 29.8 Å². The molecular weight excluding hydrogens is 202 g/mol. The first-order valence-electron chi connectivity index (χ1n) is 5.76. The Bertz CT molecular complexity index is 340. The highest BCUT2D eigenvalue weighted by Crippen LogP contribution is 2.20. The summed E-state index contributed by atoms with van der Waals surface area (Å²) in [6.07, 6.45) is 1.94. The number of hydrogen-bond donors (Lipinski definition) is 1. The summed E-state index contributed by atoms with van der Waals surface area (Å²) < 4.78 is 10.7. The largest absolute Gasteiger partial charge is 0.497 e. The fraction of sp³-hybridized carbons (Fsp3) is 0.538. The molecule has 2 unspecified atom stereocenters. The zero-order chi connectivity index (χ0) is 11.4. The summed E-state index contributed by atoms with van der Waals surface area (Å²) in [5.74, 6) is 1.34. The number of rotatable bonds is 3. The van der Waals surface area contributed by atoms with E-state index in [0.29, 0.717) is 5.92 Å². The van der Waals surface area contributed by atoms with E-state index in [1.54, 1.807) is 7.11 Å². The molecule has 0 spiro atoms. The Balaban J connectivity index is 2.01. The maximum absolute atomic E-state index is 6.09. The molecule has 88 valence electrons. The van der Waals surface area contributed by atoms with Crippen molar-refractivity contribution in [2.24, 2.45) is 11.7 Å². The lowest BCUT2D eigenvalue weighted by molar-refractivity contribution is 0.0422. The summed E-state index contributed by atoms with van der Waals surface area (Å²) in [5.41, 5.74) is 7.35. The summed E-state index contributed by atoms with van der Waals surface area (Å²) in [7, 11) is 1.69. The average Bonchev–Trinajstić information content (AvgIpc) is 2.32. The van der Waals surface area contributed by atoms with Gasteiger partial charge < -0.3 is 15.2 Å². The highest BCUT2D eigenvalue weighted by molar-refractivity contribution is 5.28. The minimum Gasteiger partial charge on any atom is -0.497 e. The second kappa shape index (κ2) is 5.32. The highest BCUT2D eigenvalue weighted by Gasteiger charge is 2.22. The molecule has 3 heteroatoms. The van der Waals surface area contributed by atoms with E-state index in [1.807, 2.05) is 12.1 Å². The van der Waals surface area contributed by atoms with E-state index >= 15 is 0 Å². The highest BCUT2D eigenvalue weighted by atomic mass is 16.5. The minimum atomic E-state index is 0.264. The third kappa shape index (κ3) is 2.74. The van der Waals surface area contributed by atoms with E-state index in [9.17, 15) is 0 Å². The van der Waals surface area contributed by atoms with Gasteiger partial charge in [-0.15, -0.1) is 0 Å². The van der Waals surface area contributed by atoms with Crippen LogP contribution in [0.25, 0.3) is 0 Å². The first-order chi connectivity index (χ1) is 7.79. The summed E-state index contributed by atoms with van der Waals surface area (Å²) in [5, 5.41) is 0. The fourth-order valence-corrected chi connectivity index (χ4v) is 2.13. The summed E-state index contributed by atoms with van der Waals surface area (Å²) in [6.45, 7) is 1.58. The Kier molecular flexibility index (Phi) is 3.80. The molecule has 1 heterocycles. The van der Waals surface area contributed by atoms with E-state index in [0.717, 1.165) is 31.8 Å². The maximum Gasteiger partial charge on any atom is 0.119 e. The topological polar surface area (TPSA) is 44.5 Å². The van der Waals surface area contributed by atoms with Crippen LogP contribution >= 0.6 is 0 Å². The lowest BCUT2D eigenvalue weighted by Crippen LogP contribution is -2.39. The number of nitrogens with two attached hydrogens (primary N) is 1. The van der Waals surface area contributed by atoms with Crippen molar-refractivity contribution in [3.63, 3.8) is 0 Å². The molecule has 1 aromatic carbocycles. The molecule has 0 bridgehead atoms. The monoisotopic (exact) mass is 221 g/mol. The van der Waals surface area contributed by atoms with Gasteiger partial charge in [0.1, 0.15) is 5.75 Å². The van der Waals surface area contributed by atoms with Crippen LogP contribution in [0.1, 0.15) is 12.0 Å². The van der Waals surface area contributed by atoms with Gasteiger partial charge in [0, 0.05) is 18.6 Å². The van der Waals surface area contributed by atoms with Gasteiger partial charge in [0.25, 0.3) is 0 Å². The molecule has 3 nitrogen and oxygen atoms in total. The molecule has 1 fully saturated rings. The van der Waals surface area contributed by atoms with Crippen LogP contribution in [0, 0.1) is 5.92 Å². The van der Waals surface area contributed by atoms with Crippen molar-refractivity contribution in [2.45, 2.75) is 18.9 Å². The van der Waals surface area contributed by atoms with Crippen molar-refractivity contribution in [1.29, 1.82) is 0 Å². The van der Waals surface area contributed by atoms with Crippen molar-refractivity contribution >= 4 is 0 Å². The van der Waals surface area contributed by atoms with Crippen molar-refractivity contribution in [1.82, 2.24) is 0 Å². The van der Waals surface area contributed by atoms with Gasteiger partial charge in [-0.3, -0.25) is 0 Å². The Morgan fingerprint density at radius 3 is 3.12 bits per heavy atom. The van der Waals surface area contributed by atoms with Gasteiger partial charge in [0.05, 0.1) is 13.7 Å². The Labute approximate surface area is 96.5 Å². The van der Waals surface area contributed by atoms with Gasteiger partial charge in [-0.2, -0.15) is 0 Å². The molecule has 1 aliphatic heterocycles. The molecule has 1 saturated heterocycles. The molecule has 2 rings (SSSR count). The molecule has 1 aromatic rings. The van der Waals surface area contributed by atoms with Crippen LogP contribution < -0.4 is 10.5 Å². The summed E-state index contributed by atoms with van der Waals surface area (Å²) in [6, 6.07) is 8.43. The molecule has 2 atom stereocenters. The Hall–Kier alpha value is -1.06. The van der Waals surface area contributed by atoms with Crippen molar-refractivity contribution < 1.29 is 9.47 Å². The van der Waals surface area contributed by atoms with E-state index in [-0.39, 0.29) is 6.04 Å². The van der Waals surface area contributed by atoms with Gasteiger partial charge in [0.2, 0.25) is 0 Å². The second-order valence-electron chi connectivity index (χ2n) is 4.34. The zero-order valence-corrected chi connectivity index (χ0v) is 9.69. The van der Waals surface area contributed by atoms with Crippen LogP contribution in [0.2, 0.25) is 0 Å². The molecule has 0 aliphatic carbocycles. The minimum absolute atomic E-state index is 0.264. The summed E-state index contributed by atoms with van der Waals surface area (Å²) in [4.78, 5) is 0. The molecule has 1 aliphatic rings. The fourth-order valence-electron chi connectivity index (χ4n) is 2.13. The number of hydrogen-bond acceptors (Lipinski definition) is 3. The number of benzene rings is 1. The van der Waals surface area contributed by atoms with Gasteiger partial charge >= 0.3 is 0 Å². The molecular formula is C13H19NO2. The van der Waals surface area contributed by atoms with E-state index in [2.05, 4.69) is 12.1 Å². The van der Waals surface area contributed by atoms with Crippen LogP contribution in [0.15, 0.2) is 24.3 Å². The van der Waals surface area contributed by atoms with E-state index in [1.165, 1.54) is 5.56 Å². The Morgan fingerprint density at radius 1 is 1.50 bits per heavy atom. The predicted molar refractivity (Wildman–Crippen MR) is 63.6 cm³/mol. The second-order valence-corrected chi connectivity index (χ2v) is 4.34. The van der Waals surface area contributed by atoms with Gasteiger partial charge in [-0.1, -0.05) is 12.1 Å². The smallest absolute Gasteiger partial charge is 0.119 e. The number of methoxy groups -OCH3 is 1. The van der Waals surface area contributed by atoms with Crippen LogP contribution in [0.3, 0.4) is 0 Å². The molecule has 0 amide bonds. The summed E-state index contributed by atoms with van der Waals surface area (Å²) >= 11 is 0. The first kappa shape index (κ1) is 11.4. The SMILES string of the molecule is COc1cccc(CC2COCCC2N)c1. The number of ether oxygens (including phenoxy) is 2. The van der Waals surface area contributed by atoms with Crippen LogP contribution in [-0.2, 0) is 11.2 Å². The lowest BCUT2D eigenvalue weighted by Gasteiger charge is -2.28. The standard InChI is InChI=1S/C13H19NO2/c1-15-12-4-2-3-10(8-12)7-11-9-16-6-5-13(11)14/h2-4,8,11,13H,5-7,9,14H2,1H3. The van der Waals surface area contributed by atoms with Gasteiger partial charge in [-0.05, 0) is 30.5 Å².